The fraction of sp³-hybridized carbons (Fsp3) is 0.643. The molecule has 0 aromatic carbocycles. The first-order chi connectivity index (χ1) is 8.20. The van der Waals surface area contributed by atoms with Gasteiger partial charge in [0.05, 0.1) is 17.6 Å². The Morgan fingerprint density at radius 1 is 1.47 bits per heavy atom. The molecule has 0 amide bonds. The number of nitrogens with one attached hydrogen (secondary N) is 1. The van der Waals surface area contributed by atoms with Gasteiger partial charge in [0, 0.05) is 19.6 Å². The van der Waals surface area contributed by atoms with E-state index >= 15 is 0 Å². The summed E-state index contributed by atoms with van der Waals surface area (Å²) in [5.74, 6) is 0.899. The number of nitrogens with zero attached hydrogens (tertiary/aromatic N) is 2. The molecule has 1 unspecified atom stereocenters. The van der Waals surface area contributed by atoms with E-state index in [2.05, 4.69) is 41.3 Å². The van der Waals surface area contributed by atoms with Crippen molar-refractivity contribution in [3.63, 3.8) is 0 Å². The summed E-state index contributed by atoms with van der Waals surface area (Å²) in [6.07, 6.45) is 6.19. The first-order valence-electron chi connectivity index (χ1n) is 6.55. The van der Waals surface area contributed by atoms with Gasteiger partial charge in [-0.15, -0.1) is 0 Å². The van der Waals surface area contributed by atoms with Crippen LogP contribution in [0, 0.1) is 5.92 Å². The molecule has 1 atom stereocenters. The number of rotatable bonds is 5. The quantitative estimate of drug-likeness (QED) is 0.847. The van der Waals surface area contributed by atoms with Gasteiger partial charge in [-0.2, -0.15) is 0 Å². The molecule has 0 spiro atoms. The highest BCUT2D eigenvalue weighted by Gasteiger charge is 2.19. The average molecular weight is 233 g/mol. The summed E-state index contributed by atoms with van der Waals surface area (Å²) in [6, 6.07) is 4.61. The Labute approximate surface area is 104 Å². The van der Waals surface area contributed by atoms with Crippen LogP contribution in [0.5, 0.6) is 0 Å². The third-order valence-corrected chi connectivity index (χ3v) is 3.84. The molecule has 1 aromatic rings. The number of hydrogen-bond donors (Lipinski definition) is 1. The first-order valence-corrected chi connectivity index (χ1v) is 6.55. The fourth-order valence-corrected chi connectivity index (χ4v) is 2.20. The SMILES string of the molecule is CNC(C)c1ccc(N(C)CC2CCC2)cn1. The zero-order valence-corrected chi connectivity index (χ0v) is 11.1. The second-order valence-corrected chi connectivity index (χ2v) is 5.13. The smallest absolute Gasteiger partial charge is 0.0571 e. The Balaban J connectivity index is 1.96. The van der Waals surface area contributed by atoms with Gasteiger partial charge in [0.2, 0.25) is 0 Å². The first kappa shape index (κ1) is 12.4. The molecule has 0 bridgehead atoms. The second-order valence-electron chi connectivity index (χ2n) is 5.13. The molecular weight excluding hydrogens is 210 g/mol. The van der Waals surface area contributed by atoms with Crippen molar-refractivity contribution < 1.29 is 0 Å². The predicted molar refractivity (Wildman–Crippen MR) is 72.3 cm³/mol. The van der Waals surface area contributed by atoms with Gasteiger partial charge < -0.3 is 10.2 Å². The molecule has 94 valence electrons. The van der Waals surface area contributed by atoms with Crippen LogP contribution in [-0.2, 0) is 0 Å². The summed E-state index contributed by atoms with van der Waals surface area (Å²) in [6.45, 7) is 3.29. The van der Waals surface area contributed by atoms with Crippen LogP contribution < -0.4 is 10.2 Å². The summed E-state index contributed by atoms with van der Waals surface area (Å²) in [4.78, 5) is 6.84. The predicted octanol–water partition coefficient (Wildman–Crippen LogP) is 2.60. The maximum atomic E-state index is 4.52. The highest BCUT2D eigenvalue weighted by molar-refractivity contribution is 5.44. The molecular formula is C14H23N3. The van der Waals surface area contributed by atoms with Crippen molar-refractivity contribution in [1.82, 2.24) is 10.3 Å². The number of hydrogen-bond acceptors (Lipinski definition) is 3. The zero-order valence-electron chi connectivity index (χ0n) is 11.1. The number of anilines is 1. The fourth-order valence-electron chi connectivity index (χ4n) is 2.20. The highest BCUT2D eigenvalue weighted by atomic mass is 15.1. The van der Waals surface area contributed by atoms with Crippen LogP contribution in [0.2, 0.25) is 0 Å². The number of pyridine rings is 1. The van der Waals surface area contributed by atoms with Gasteiger partial charge >= 0.3 is 0 Å². The third kappa shape index (κ3) is 2.97. The van der Waals surface area contributed by atoms with Crippen molar-refractivity contribution in [2.24, 2.45) is 5.92 Å². The lowest BCUT2D eigenvalue weighted by atomic mass is 9.85. The molecule has 1 aromatic heterocycles. The molecule has 0 radical (unpaired) electrons. The van der Waals surface area contributed by atoms with Crippen LogP contribution >= 0.6 is 0 Å². The van der Waals surface area contributed by atoms with Gasteiger partial charge in [0.1, 0.15) is 0 Å². The number of aromatic nitrogens is 1. The molecule has 1 fully saturated rings. The summed E-state index contributed by atoms with van der Waals surface area (Å²) >= 11 is 0. The molecule has 1 aliphatic carbocycles. The van der Waals surface area contributed by atoms with Crippen molar-refractivity contribution in [2.75, 3.05) is 25.5 Å². The molecule has 1 saturated carbocycles. The maximum absolute atomic E-state index is 4.52. The Morgan fingerprint density at radius 3 is 2.71 bits per heavy atom. The highest BCUT2D eigenvalue weighted by Crippen LogP contribution is 2.28. The summed E-state index contributed by atoms with van der Waals surface area (Å²) in [7, 11) is 4.12. The molecule has 1 heterocycles. The van der Waals surface area contributed by atoms with Crippen LogP contribution in [0.1, 0.15) is 37.9 Å². The van der Waals surface area contributed by atoms with Crippen molar-refractivity contribution >= 4 is 5.69 Å². The lowest BCUT2D eigenvalue weighted by molar-refractivity contribution is 0.321. The Morgan fingerprint density at radius 2 is 2.24 bits per heavy atom. The minimum Gasteiger partial charge on any atom is -0.373 e. The summed E-state index contributed by atoms with van der Waals surface area (Å²) in [5, 5.41) is 3.20. The van der Waals surface area contributed by atoms with Crippen molar-refractivity contribution in [2.45, 2.75) is 32.2 Å². The van der Waals surface area contributed by atoms with Crippen molar-refractivity contribution in [3.8, 4) is 0 Å². The average Bonchev–Trinajstić information content (AvgIpc) is 2.32. The van der Waals surface area contributed by atoms with Crippen LogP contribution in [0.25, 0.3) is 0 Å². The molecule has 0 aliphatic heterocycles. The van der Waals surface area contributed by atoms with E-state index in [1.54, 1.807) is 0 Å². The van der Waals surface area contributed by atoms with Gasteiger partial charge in [-0.3, -0.25) is 4.98 Å². The Bertz CT molecular complexity index is 343. The van der Waals surface area contributed by atoms with Gasteiger partial charge in [-0.1, -0.05) is 6.42 Å². The zero-order chi connectivity index (χ0) is 12.3. The van der Waals surface area contributed by atoms with Crippen LogP contribution in [0.15, 0.2) is 18.3 Å². The van der Waals surface area contributed by atoms with Crippen LogP contribution in [0.3, 0.4) is 0 Å². The summed E-state index contributed by atoms with van der Waals surface area (Å²) in [5.41, 5.74) is 2.33. The monoisotopic (exact) mass is 233 g/mol. The van der Waals surface area contributed by atoms with Gasteiger partial charge in [-0.25, -0.2) is 0 Å². The van der Waals surface area contributed by atoms with Crippen molar-refractivity contribution in [3.05, 3.63) is 24.0 Å². The van der Waals surface area contributed by atoms with E-state index < -0.39 is 0 Å². The molecule has 1 N–H and O–H groups in total. The Kier molecular flexibility index (Phi) is 4.00. The normalized spacial score (nSPS) is 17.6. The molecule has 2 rings (SSSR count). The van der Waals surface area contributed by atoms with E-state index in [0.717, 1.165) is 11.6 Å². The minimum absolute atomic E-state index is 0.320. The minimum atomic E-state index is 0.320. The third-order valence-electron chi connectivity index (χ3n) is 3.84. The van der Waals surface area contributed by atoms with Gasteiger partial charge in [0.25, 0.3) is 0 Å². The van der Waals surface area contributed by atoms with E-state index in [0.29, 0.717) is 6.04 Å². The van der Waals surface area contributed by atoms with E-state index in [-0.39, 0.29) is 0 Å². The van der Waals surface area contributed by atoms with E-state index in [1.807, 2.05) is 13.2 Å². The van der Waals surface area contributed by atoms with Crippen LogP contribution in [-0.4, -0.2) is 25.6 Å². The topological polar surface area (TPSA) is 28.2 Å². The maximum Gasteiger partial charge on any atom is 0.0571 e. The van der Waals surface area contributed by atoms with Gasteiger partial charge in [0.15, 0.2) is 0 Å². The lowest BCUT2D eigenvalue weighted by Gasteiger charge is -2.31. The van der Waals surface area contributed by atoms with E-state index in [9.17, 15) is 0 Å². The van der Waals surface area contributed by atoms with Gasteiger partial charge in [-0.05, 0) is 44.9 Å². The van der Waals surface area contributed by atoms with E-state index in [1.165, 1.54) is 31.5 Å². The molecule has 3 nitrogen and oxygen atoms in total. The lowest BCUT2D eigenvalue weighted by Crippen LogP contribution is -2.29. The standard InChI is InChI=1S/C14H23N3/c1-11(15-2)14-8-7-13(9-16-14)17(3)10-12-5-4-6-12/h7-9,11-12,15H,4-6,10H2,1-3H3. The van der Waals surface area contributed by atoms with E-state index in [4.69, 9.17) is 0 Å². The molecule has 1 aliphatic rings. The molecule has 17 heavy (non-hydrogen) atoms. The Hall–Kier alpha value is -1.09. The molecule has 3 heteroatoms. The van der Waals surface area contributed by atoms with Crippen molar-refractivity contribution in [1.29, 1.82) is 0 Å². The second kappa shape index (κ2) is 5.50. The largest absolute Gasteiger partial charge is 0.373 e. The summed E-state index contributed by atoms with van der Waals surface area (Å²) < 4.78 is 0. The molecule has 0 saturated heterocycles. The van der Waals surface area contributed by atoms with Crippen LogP contribution in [0.4, 0.5) is 5.69 Å².